The molecule has 0 aromatic heterocycles. The molecule has 1 rings (SSSR count). The van der Waals surface area contributed by atoms with Gasteiger partial charge in [-0.2, -0.15) is 0 Å². The molecule has 18 heavy (non-hydrogen) atoms. The summed E-state index contributed by atoms with van der Waals surface area (Å²) in [6.07, 6.45) is 7.45. The Labute approximate surface area is 113 Å². The lowest BCUT2D eigenvalue weighted by molar-refractivity contribution is -0.914. The van der Waals surface area contributed by atoms with Gasteiger partial charge in [0.2, 0.25) is 0 Å². The fourth-order valence-corrected chi connectivity index (χ4v) is 5.36. The second-order valence-corrected chi connectivity index (χ2v) is 8.50. The van der Waals surface area contributed by atoms with Crippen LogP contribution in [0.4, 0.5) is 0 Å². The van der Waals surface area contributed by atoms with E-state index in [1.807, 2.05) is 0 Å². The zero-order valence-electron chi connectivity index (χ0n) is 12.7. The first kappa shape index (κ1) is 16.1. The summed E-state index contributed by atoms with van der Waals surface area (Å²) in [5.41, 5.74) is 0. The number of quaternary nitrogens is 1. The number of hydrogen-bond donors (Lipinski definition) is 0. The van der Waals surface area contributed by atoms with Gasteiger partial charge in [0.05, 0.1) is 19.6 Å². The van der Waals surface area contributed by atoms with Crippen molar-refractivity contribution in [3.63, 3.8) is 0 Å². The van der Waals surface area contributed by atoms with E-state index in [-0.39, 0.29) is 0 Å². The Morgan fingerprint density at radius 3 is 2.28 bits per heavy atom. The highest BCUT2D eigenvalue weighted by Crippen LogP contribution is 2.30. The quantitative estimate of drug-likeness (QED) is 0.502. The number of hydrogen-bond acceptors (Lipinski definition) is 3. The third kappa shape index (κ3) is 3.54. The first-order chi connectivity index (χ1) is 8.55. The summed E-state index contributed by atoms with van der Waals surface area (Å²) in [5, 5.41) is 0. The molecule has 0 aliphatic carbocycles. The monoisotopic (exact) mass is 276 g/mol. The molecule has 2 unspecified atom stereocenters. The van der Waals surface area contributed by atoms with Crippen LogP contribution in [-0.4, -0.2) is 60.4 Å². The SMILES string of the molecule is CCCCC1CCC[N+]1(C)C[Si](OC)(OC)OC. The van der Waals surface area contributed by atoms with Crippen LogP contribution in [0.1, 0.15) is 39.0 Å². The molecule has 0 aromatic rings. The number of nitrogens with zero attached hydrogens (tertiary/aromatic N) is 1. The molecule has 0 saturated carbocycles. The van der Waals surface area contributed by atoms with E-state index in [2.05, 4.69) is 14.0 Å². The van der Waals surface area contributed by atoms with Gasteiger partial charge >= 0.3 is 8.80 Å². The van der Waals surface area contributed by atoms with E-state index in [9.17, 15) is 0 Å². The Bertz CT molecular complexity index is 240. The molecule has 0 aromatic carbocycles. The van der Waals surface area contributed by atoms with Gasteiger partial charge in [0, 0.05) is 34.2 Å². The van der Waals surface area contributed by atoms with Crippen LogP contribution in [0.3, 0.4) is 0 Å². The van der Waals surface area contributed by atoms with E-state index >= 15 is 0 Å². The predicted molar refractivity (Wildman–Crippen MR) is 75.2 cm³/mol. The molecule has 0 spiro atoms. The normalized spacial score (nSPS) is 28.8. The van der Waals surface area contributed by atoms with Gasteiger partial charge in [0.15, 0.2) is 0 Å². The van der Waals surface area contributed by atoms with Crippen molar-refractivity contribution in [2.45, 2.75) is 45.1 Å². The van der Waals surface area contributed by atoms with Crippen LogP contribution < -0.4 is 0 Å². The fourth-order valence-electron chi connectivity index (χ4n) is 3.17. The number of likely N-dealkylation sites (tertiary alicyclic amines) is 1. The molecule has 0 radical (unpaired) electrons. The van der Waals surface area contributed by atoms with Crippen molar-refractivity contribution in [3.05, 3.63) is 0 Å². The molecule has 4 nitrogen and oxygen atoms in total. The summed E-state index contributed by atoms with van der Waals surface area (Å²) in [6, 6.07) is 0.747. The lowest BCUT2D eigenvalue weighted by atomic mass is 10.1. The molecule has 1 aliphatic rings. The Balaban J connectivity index is 2.71. The predicted octanol–water partition coefficient (Wildman–Crippen LogP) is 2.20. The third-order valence-electron chi connectivity index (χ3n) is 4.47. The largest absolute Gasteiger partial charge is 0.558 e. The maximum atomic E-state index is 5.60. The highest BCUT2D eigenvalue weighted by molar-refractivity contribution is 6.60. The molecule has 0 amide bonds. The van der Waals surface area contributed by atoms with Gasteiger partial charge in [-0.3, -0.25) is 0 Å². The van der Waals surface area contributed by atoms with Gasteiger partial charge < -0.3 is 17.8 Å². The van der Waals surface area contributed by atoms with Crippen LogP contribution in [0.25, 0.3) is 0 Å². The summed E-state index contributed by atoms with van der Waals surface area (Å²) in [5.74, 6) is 0. The minimum absolute atomic E-state index is 0.747. The highest BCUT2D eigenvalue weighted by Gasteiger charge is 2.51. The van der Waals surface area contributed by atoms with Gasteiger partial charge in [-0.05, 0) is 12.8 Å². The van der Waals surface area contributed by atoms with Crippen molar-refractivity contribution in [2.24, 2.45) is 0 Å². The van der Waals surface area contributed by atoms with Crippen LogP contribution in [-0.2, 0) is 13.3 Å². The van der Waals surface area contributed by atoms with Crippen LogP contribution in [0.5, 0.6) is 0 Å². The molecular formula is C13H30NO3Si+. The zero-order valence-corrected chi connectivity index (χ0v) is 13.7. The smallest absolute Gasteiger partial charge is 0.374 e. The average molecular weight is 276 g/mol. The Hall–Kier alpha value is 0.0569. The standard InChI is InChI=1S/C13H30NO3Si/c1-6-7-9-13-10-8-11-14(13,2)12-18(15-3,16-4)17-5/h13H,6-12H2,1-5H3/q+1. The maximum Gasteiger partial charge on any atom is 0.558 e. The van der Waals surface area contributed by atoms with Crippen molar-refractivity contribution < 1.29 is 17.8 Å². The summed E-state index contributed by atoms with van der Waals surface area (Å²) in [4.78, 5) is 0. The Kier molecular flexibility index (Phi) is 6.27. The minimum atomic E-state index is -2.46. The number of rotatable bonds is 8. The molecule has 0 N–H and O–H groups in total. The van der Waals surface area contributed by atoms with Gasteiger partial charge in [0.1, 0.15) is 6.17 Å². The molecule has 108 valence electrons. The molecule has 1 heterocycles. The van der Waals surface area contributed by atoms with Crippen LogP contribution in [0, 0.1) is 0 Å². The van der Waals surface area contributed by atoms with Crippen LogP contribution in [0.2, 0.25) is 0 Å². The third-order valence-corrected chi connectivity index (χ3v) is 7.44. The Morgan fingerprint density at radius 1 is 1.17 bits per heavy atom. The van der Waals surface area contributed by atoms with Gasteiger partial charge in [-0.25, -0.2) is 0 Å². The summed E-state index contributed by atoms with van der Waals surface area (Å²) in [6.45, 7) is 3.48. The van der Waals surface area contributed by atoms with Gasteiger partial charge in [0.25, 0.3) is 0 Å². The van der Waals surface area contributed by atoms with E-state index in [1.165, 1.54) is 38.6 Å². The molecule has 5 heteroatoms. The Morgan fingerprint density at radius 2 is 1.78 bits per heavy atom. The molecule has 1 saturated heterocycles. The summed E-state index contributed by atoms with van der Waals surface area (Å²) < 4.78 is 17.8. The van der Waals surface area contributed by atoms with Crippen molar-refractivity contribution in [1.82, 2.24) is 0 Å². The number of unbranched alkanes of at least 4 members (excludes halogenated alkanes) is 1. The molecule has 0 bridgehead atoms. The molecular weight excluding hydrogens is 246 g/mol. The van der Waals surface area contributed by atoms with Crippen molar-refractivity contribution in [3.8, 4) is 0 Å². The summed E-state index contributed by atoms with van der Waals surface area (Å²) in [7, 11) is 5.01. The van der Waals surface area contributed by atoms with E-state index in [0.29, 0.717) is 0 Å². The van der Waals surface area contributed by atoms with E-state index in [0.717, 1.165) is 16.7 Å². The molecule has 1 fully saturated rings. The lowest BCUT2D eigenvalue weighted by Gasteiger charge is -2.40. The van der Waals surface area contributed by atoms with Crippen LogP contribution in [0.15, 0.2) is 0 Å². The minimum Gasteiger partial charge on any atom is -0.374 e. The first-order valence-electron chi connectivity index (χ1n) is 7.05. The van der Waals surface area contributed by atoms with E-state index in [1.54, 1.807) is 21.3 Å². The van der Waals surface area contributed by atoms with E-state index < -0.39 is 8.80 Å². The van der Waals surface area contributed by atoms with Crippen LogP contribution >= 0.6 is 0 Å². The van der Waals surface area contributed by atoms with Gasteiger partial charge in [-0.15, -0.1) is 0 Å². The first-order valence-corrected chi connectivity index (χ1v) is 8.98. The van der Waals surface area contributed by atoms with Gasteiger partial charge in [-0.1, -0.05) is 13.3 Å². The molecule has 2 atom stereocenters. The van der Waals surface area contributed by atoms with Crippen molar-refractivity contribution in [1.29, 1.82) is 0 Å². The van der Waals surface area contributed by atoms with Crippen molar-refractivity contribution >= 4 is 8.80 Å². The second-order valence-electron chi connectivity index (χ2n) is 5.59. The molecule has 1 aliphatic heterocycles. The highest BCUT2D eigenvalue weighted by atomic mass is 28.4. The maximum absolute atomic E-state index is 5.60. The second kappa shape index (κ2) is 7.00. The summed E-state index contributed by atoms with van der Waals surface area (Å²) >= 11 is 0. The zero-order chi connectivity index (χ0) is 13.6. The average Bonchev–Trinajstić information content (AvgIpc) is 2.75. The topological polar surface area (TPSA) is 27.7 Å². The lowest BCUT2D eigenvalue weighted by Crippen LogP contribution is -2.62. The van der Waals surface area contributed by atoms with E-state index in [4.69, 9.17) is 13.3 Å². The fraction of sp³-hybridized carbons (Fsp3) is 1.00. The van der Waals surface area contributed by atoms with Crippen molar-refractivity contribution in [2.75, 3.05) is 41.1 Å².